The molecule has 0 aliphatic rings. The Morgan fingerprint density at radius 1 is 1.46 bits per heavy atom. The molecule has 0 atom stereocenters. The van der Waals surface area contributed by atoms with E-state index in [-0.39, 0.29) is 5.91 Å². The van der Waals surface area contributed by atoms with E-state index in [1.54, 1.807) is 47.0 Å². The zero-order valence-electron chi connectivity index (χ0n) is 13.8. The molecule has 0 aliphatic heterocycles. The summed E-state index contributed by atoms with van der Waals surface area (Å²) in [6.45, 7) is 3.16. The molecule has 2 aromatic heterocycles. The molecule has 2 rings (SSSR count). The number of carbonyl (C=O) groups is 1. The van der Waals surface area contributed by atoms with Crippen molar-refractivity contribution in [3.63, 3.8) is 0 Å². The van der Waals surface area contributed by atoms with E-state index in [0.29, 0.717) is 30.4 Å². The van der Waals surface area contributed by atoms with Crippen molar-refractivity contribution in [2.24, 2.45) is 0 Å². The van der Waals surface area contributed by atoms with Gasteiger partial charge in [-0.25, -0.2) is 4.68 Å². The first kappa shape index (κ1) is 18.8. The molecule has 0 bridgehead atoms. The van der Waals surface area contributed by atoms with Crippen molar-refractivity contribution >= 4 is 35.0 Å². The molecule has 0 aromatic carbocycles. The summed E-state index contributed by atoms with van der Waals surface area (Å²) in [5.41, 5.74) is 1.42. The first-order valence-electron chi connectivity index (χ1n) is 7.70. The molecular formula is C16H21ClN4O2S. The van der Waals surface area contributed by atoms with Gasteiger partial charge in [-0.05, 0) is 19.1 Å². The van der Waals surface area contributed by atoms with Gasteiger partial charge in [-0.15, -0.1) is 0 Å². The minimum atomic E-state index is 0.0371. The molecule has 6 nitrogen and oxygen atoms in total. The van der Waals surface area contributed by atoms with Crippen molar-refractivity contribution in [1.82, 2.24) is 14.8 Å². The van der Waals surface area contributed by atoms with Crippen molar-refractivity contribution in [2.45, 2.75) is 13.3 Å². The van der Waals surface area contributed by atoms with Gasteiger partial charge in [-0.1, -0.05) is 11.6 Å². The number of ether oxygens (including phenoxy) is 1. The van der Waals surface area contributed by atoms with Gasteiger partial charge in [0, 0.05) is 37.8 Å². The highest BCUT2D eigenvalue weighted by atomic mass is 35.5. The SMILES string of the molecule is CCN(C(=O)CCSCCOC)c1cn(-c2cccnc2)nc1Cl. The molecule has 0 radical (unpaired) electrons. The Hall–Kier alpha value is -1.57. The molecule has 24 heavy (non-hydrogen) atoms. The predicted octanol–water partition coefficient (Wildman–Crippen LogP) is 3.04. The van der Waals surface area contributed by atoms with Gasteiger partial charge in [0.05, 0.1) is 24.7 Å². The second kappa shape index (κ2) is 9.66. The normalized spacial score (nSPS) is 10.8. The van der Waals surface area contributed by atoms with Crippen LogP contribution in [0.3, 0.4) is 0 Å². The van der Waals surface area contributed by atoms with Crippen LogP contribution in [0.1, 0.15) is 13.3 Å². The summed E-state index contributed by atoms with van der Waals surface area (Å²) in [7, 11) is 1.67. The topological polar surface area (TPSA) is 60.2 Å². The Kier molecular flexibility index (Phi) is 7.55. The Morgan fingerprint density at radius 2 is 2.29 bits per heavy atom. The third-order valence-electron chi connectivity index (χ3n) is 3.36. The van der Waals surface area contributed by atoms with Gasteiger partial charge < -0.3 is 9.64 Å². The zero-order valence-corrected chi connectivity index (χ0v) is 15.4. The summed E-state index contributed by atoms with van der Waals surface area (Å²) >= 11 is 7.95. The van der Waals surface area contributed by atoms with Gasteiger partial charge in [0.15, 0.2) is 5.15 Å². The van der Waals surface area contributed by atoms with E-state index in [1.165, 1.54) is 0 Å². The van der Waals surface area contributed by atoms with Crippen LogP contribution in [0.5, 0.6) is 0 Å². The number of halogens is 1. The van der Waals surface area contributed by atoms with E-state index in [0.717, 1.165) is 17.2 Å². The highest BCUT2D eigenvalue weighted by Crippen LogP contribution is 2.26. The zero-order chi connectivity index (χ0) is 17.4. The molecule has 0 fully saturated rings. The van der Waals surface area contributed by atoms with Gasteiger partial charge in [0.25, 0.3) is 0 Å². The molecule has 0 aliphatic carbocycles. The van der Waals surface area contributed by atoms with Crippen LogP contribution in [0.2, 0.25) is 5.15 Å². The maximum atomic E-state index is 12.5. The lowest BCUT2D eigenvalue weighted by atomic mass is 10.3. The number of thioether (sulfide) groups is 1. The molecule has 2 heterocycles. The van der Waals surface area contributed by atoms with Crippen molar-refractivity contribution in [3.05, 3.63) is 35.9 Å². The fourth-order valence-electron chi connectivity index (χ4n) is 2.17. The number of rotatable bonds is 9. The average Bonchev–Trinajstić information content (AvgIpc) is 2.98. The van der Waals surface area contributed by atoms with Crippen molar-refractivity contribution in [1.29, 1.82) is 0 Å². The number of aromatic nitrogens is 3. The molecule has 0 saturated heterocycles. The van der Waals surface area contributed by atoms with E-state index < -0.39 is 0 Å². The van der Waals surface area contributed by atoms with E-state index in [9.17, 15) is 4.79 Å². The molecular weight excluding hydrogens is 348 g/mol. The van der Waals surface area contributed by atoms with Crippen LogP contribution in [0.4, 0.5) is 5.69 Å². The van der Waals surface area contributed by atoms with Gasteiger partial charge >= 0.3 is 0 Å². The third kappa shape index (κ3) is 4.96. The van der Waals surface area contributed by atoms with Crippen LogP contribution in [0.25, 0.3) is 5.69 Å². The van der Waals surface area contributed by atoms with E-state index in [4.69, 9.17) is 16.3 Å². The second-order valence-electron chi connectivity index (χ2n) is 4.95. The molecule has 0 spiro atoms. The van der Waals surface area contributed by atoms with E-state index >= 15 is 0 Å². The number of carbonyl (C=O) groups excluding carboxylic acids is 1. The Labute approximate surface area is 151 Å². The van der Waals surface area contributed by atoms with Gasteiger partial charge in [0.2, 0.25) is 5.91 Å². The lowest BCUT2D eigenvalue weighted by Crippen LogP contribution is -2.30. The fraction of sp³-hybridized carbons (Fsp3) is 0.438. The molecule has 0 saturated carbocycles. The molecule has 1 amide bonds. The maximum absolute atomic E-state index is 12.5. The standard InChI is InChI=1S/C16H21ClN4O2S/c1-3-20(15(22)6-9-24-10-8-23-2)14-12-21(19-16(14)17)13-5-4-7-18-11-13/h4-5,7,11-12H,3,6,8-10H2,1-2H3. The minimum absolute atomic E-state index is 0.0371. The van der Waals surface area contributed by atoms with Gasteiger partial charge in [-0.2, -0.15) is 16.9 Å². The number of hydrogen-bond acceptors (Lipinski definition) is 5. The average molecular weight is 369 g/mol. The number of anilines is 1. The first-order valence-corrected chi connectivity index (χ1v) is 9.23. The van der Waals surface area contributed by atoms with Crippen molar-refractivity contribution in [2.75, 3.05) is 36.7 Å². The Bertz CT molecular complexity index is 651. The Balaban J connectivity index is 2.04. The van der Waals surface area contributed by atoms with Gasteiger partial charge in [-0.3, -0.25) is 9.78 Å². The van der Waals surface area contributed by atoms with Crippen LogP contribution in [0.15, 0.2) is 30.7 Å². The summed E-state index contributed by atoms with van der Waals surface area (Å²) in [6.07, 6.45) is 5.60. The molecule has 0 unspecified atom stereocenters. The quantitative estimate of drug-likeness (QED) is 0.637. The molecule has 130 valence electrons. The number of amides is 1. The molecule has 8 heteroatoms. The summed E-state index contributed by atoms with van der Waals surface area (Å²) in [5.74, 6) is 1.68. The smallest absolute Gasteiger partial charge is 0.227 e. The van der Waals surface area contributed by atoms with Crippen LogP contribution < -0.4 is 4.90 Å². The van der Waals surface area contributed by atoms with Crippen LogP contribution >= 0.6 is 23.4 Å². The van der Waals surface area contributed by atoms with E-state index in [1.807, 2.05) is 19.1 Å². The lowest BCUT2D eigenvalue weighted by Gasteiger charge is -2.19. The Morgan fingerprint density at radius 3 is 2.96 bits per heavy atom. The van der Waals surface area contributed by atoms with Crippen molar-refractivity contribution < 1.29 is 9.53 Å². The third-order valence-corrected chi connectivity index (χ3v) is 4.58. The van der Waals surface area contributed by atoms with Crippen LogP contribution in [-0.4, -0.2) is 52.4 Å². The van der Waals surface area contributed by atoms with Crippen LogP contribution in [0, 0.1) is 0 Å². The monoisotopic (exact) mass is 368 g/mol. The number of hydrogen-bond donors (Lipinski definition) is 0. The highest BCUT2D eigenvalue weighted by molar-refractivity contribution is 7.99. The second-order valence-corrected chi connectivity index (χ2v) is 6.54. The lowest BCUT2D eigenvalue weighted by molar-refractivity contribution is -0.118. The maximum Gasteiger partial charge on any atom is 0.227 e. The minimum Gasteiger partial charge on any atom is -0.384 e. The van der Waals surface area contributed by atoms with Gasteiger partial charge in [0.1, 0.15) is 5.69 Å². The highest BCUT2D eigenvalue weighted by Gasteiger charge is 2.20. The number of nitrogens with zero attached hydrogens (tertiary/aromatic N) is 4. The van der Waals surface area contributed by atoms with Crippen LogP contribution in [-0.2, 0) is 9.53 Å². The predicted molar refractivity (Wildman–Crippen MR) is 98.2 cm³/mol. The summed E-state index contributed by atoms with van der Waals surface area (Å²) < 4.78 is 6.63. The molecule has 0 N–H and O–H groups in total. The fourth-order valence-corrected chi connectivity index (χ4v) is 3.21. The number of pyridine rings is 1. The molecule has 2 aromatic rings. The number of methoxy groups -OCH3 is 1. The summed E-state index contributed by atoms with van der Waals surface area (Å²) in [4.78, 5) is 18.2. The van der Waals surface area contributed by atoms with Crippen molar-refractivity contribution in [3.8, 4) is 5.69 Å². The summed E-state index contributed by atoms with van der Waals surface area (Å²) in [5, 5.41) is 4.59. The largest absolute Gasteiger partial charge is 0.384 e. The first-order chi connectivity index (χ1) is 11.7. The van der Waals surface area contributed by atoms with E-state index in [2.05, 4.69) is 10.1 Å². The summed E-state index contributed by atoms with van der Waals surface area (Å²) in [6, 6.07) is 3.70.